The zero-order valence-electron chi connectivity index (χ0n) is 10.9. The van der Waals surface area contributed by atoms with Crippen LogP contribution in [-0.4, -0.2) is 43.2 Å². The van der Waals surface area contributed by atoms with E-state index in [2.05, 4.69) is 38.5 Å². The first-order valence-corrected chi connectivity index (χ1v) is 6.68. The fourth-order valence-electron chi connectivity index (χ4n) is 1.96. The van der Waals surface area contributed by atoms with Gasteiger partial charge in [-0.1, -0.05) is 5.10 Å². The van der Waals surface area contributed by atoms with E-state index >= 15 is 0 Å². The van der Waals surface area contributed by atoms with E-state index in [1.807, 2.05) is 13.8 Å². The Kier molecular flexibility index (Phi) is 4.31. The van der Waals surface area contributed by atoms with Crippen LogP contribution in [-0.2, 0) is 11.2 Å². The average molecular weight is 280 g/mol. The van der Waals surface area contributed by atoms with Gasteiger partial charge in [-0.2, -0.15) is 17.1 Å². The van der Waals surface area contributed by atoms with E-state index in [9.17, 15) is 4.79 Å². The van der Waals surface area contributed by atoms with Crippen LogP contribution < -0.4 is 5.32 Å². The summed E-state index contributed by atoms with van der Waals surface area (Å²) in [6, 6.07) is 0. The van der Waals surface area contributed by atoms with E-state index in [1.54, 1.807) is 4.52 Å². The molecule has 2 aromatic heterocycles. The number of nitrogens with zero attached hydrogens (tertiary/aromatic N) is 5. The molecule has 7 nitrogen and oxygen atoms in total. The second kappa shape index (κ2) is 5.96. The van der Waals surface area contributed by atoms with E-state index in [-0.39, 0.29) is 5.91 Å². The topological polar surface area (TPSA) is 85.1 Å². The molecule has 0 aromatic carbocycles. The Balaban J connectivity index is 2.14. The molecule has 2 rings (SSSR count). The van der Waals surface area contributed by atoms with Gasteiger partial charge in [-0.15, -0.1) is 0 Å². The molecule has 0 aliphatic heterocycles. The third kappa shape index (κ3) is 3.01. The summed E-state index contributed by atoms with van der Waals surface area (Å²) in [5.41, 5.74) is 2.80. The lowest BCUT2D eigenvalue weighted by molar-refractivity contribution is -0.120. The van der Waals surface area contributed by atoms with Crippen LogP contribution in [0.2, 0.25) is 0 Å². The summed E-state index contributed by atoms with van der Waals surface area (Å²) in [5.74, 6) is 1.14. The Labute approximate surface area is 116 Å². The molecule has 0 bridgehead atoms. The third-order valence-electron chi connectivity index (χ3n) is 2.95. The van der Waals surface area contributed by atoms with Crippen LogP contribution in [0.1, 0.15) is 23.4 Å². The molecular weight excluding hydrogens is 264 g/mol. The number of fused-ring (bicyclic) bond motifs is 1. The summed E-state index contributed by atoms with van der Waals surface area (Å²) < 4.78 is 1.59. The van der Waals surface area contributed by atoms with E-state index < -0.39 is 0 Å². The Morgan fingerprint density at radius 3 is 2.95 bits per heavy atom. The molecule has 2 heterocycles. The summed E-state index contributed by atoms with van der Waals surface area (Å²) in [7, 11) is 0. The number of carbonyl (C=O) groups excluding carboxylic acids is 1. The first kappa shape index (κ1) is 13.7. The minimum absolute atomic E-state index is 0.0182. The van der Waals surface area contributed by atoms with Crippen LogP contribution in [0.4, 0.5) is 0 Å². The van der Waals surface area contributed by atoms with Gasteiger partial charge in [-0.3, -0.25) is 4.79 Å². The Morgan fingerprint density at radius 2 is 2.21 bits per heavy atom. The molecule has 1 N–H and O–H groups in total. The van der Waals surface area contributed by atoms with Gasteiger partial charge in [0.15, 0.2) is 0 Å². The number of aryl methyl sites for hydroxylation is 2. The van der Waals surface area contributed by atoms with Gasteiger partial charge in [0.2, 0.25) is 5.91 Å². The lowest BCUT2D eigenvalue weighted by Crippen LogP contribution is -2.25. The van der Waals surface area contributed by atoms with Gasteiger partial charge in [0, 0.05) is 30.1 Å². The van der Waals surface area contributed by atoms with Gasteiger partial charge in [-0.05, 0) is 36.3 Å². The second-order valence-electron chi connectivity index (χ2n) is 4.23. The minimum Gasteiger partial charge on any atom is -0.355 e. The number of amides is 1. The lowest BCUT2D eigenvalue weighted by Gasteiger charge is -2.09. The third-order valence-corrected chi connectivity index (χ3v) is 3.17. The molecule has 0 saturated carbocycles. The van der Waals surface area contributed by atoms with Gasteiger partial charge in [0.1, 0.15) is 0 Å². The van der Waals surface area contributed by atoms with Crippen LogP contribution in [0.15, 0.2) is 0 Å². The number of tetrazole rings is 1. The summed E-state index contributed by atoms with van der Waals surface area (Å²) in [4.78, 5) is 15.9. The Bertz CT molecular complexity index is 596. The number of nitrogens with one attached hydrogen (secondary N) is 1. The standard InChI is InChI=1S/C11H16N6OS/c1-7-9(3-4-10(18)12-5-6-19)8(2)17-11(13-7)14-15-16-17/h19H,3-6H2,1-2H3,(H,12,18). The van der Waals surface area contributed by atoms with E-state index in [1.165, 1.54) is 0 Å². The van der Waals surface area contributed by atoms with Crippen molar-refractivity contribution in [3.05, 3.63) is 17.0 Å². The maximum Gasteiger partial charge on any atom is 0.273 e. The molecule has 102 valence electrons. The number of hydrogen-bond donors (Lipinski definition) is 2. The van der Waals surface area contributed by atoms with Crippen molar-refractivity contribution in [3.8, 4) is 0 Å². The lowest BCUT2D eigenvalue weighted by atomic mass is 10.1. The molecule has 0 fully saturated rings. The molecule has 0 unspecified atom stereocenters. The molecule has 19 heavy (non-hydrogen) atoms. The van der Waals surface area contributed by atoms with Gasteiger partial charge in [-0.25, -0.2) is 4.98 Å². The highest BCUT2D eigenvalue weighted by molar-refractivity contribution is 7.80. The smallest absolute Gasteiger partial charge is 0.273 e. The minimum atomic E-state index is 0.0182. The highest BCUT2D eigenvalue weighted by Gasteiger charge is 2.12. The molecule has 0 saturated heterocycles. The maximum absolute atomic E-state index is 11.6. The zero-order chi connectivity index (χ0) is 13.8. The predicted molar refractivity (Wildman–Crippen MR) is 73.2 cm³/mol. The fraction of sp³-hybridized carbons (Fsp3) is 0.545. The first-order chi connectivity index (χ1) is 9.13. The van der Waals surface area contributed by atoms with Crippen molar-refractivity contribution in [2.75, 3.05) is 12.3 Å². The van der Waals surface area contributed by atoms with E-state index in [4.69, 9.17) is 0 Å². The van der Waals surface area contributed by atoms with Crippen molar-refractivity contribution in [2.24, 2.45) is 0 Å². The number of thiol groups is 1. The molecule has 1 amide bonds. The van der Waals surface area contributed by atoms with Gasteiger partial charge in [0.05, 0.1) is 0 Å². The van der Waals surface area contributed by atoms with Crippen molar-refractivity contribution in [2.45, 2.75) is 26.7 Å². The number of rotatable bonds is 5. The Morgan fingerprint density at radius 1 is 1.42 bits per heavy atom. The van der Waals surface area contributed by atoms with Crippen LogP contribution >= 0.6 is 12.6 Å². The normalized spacial score (nSPS) is 10.9. The summed E-state index contributed by atoms with van der Waals surface area (Å²) in [6.45, 7) is 4.42. The average Bonchev–Trinajstić information content (AvgIpc) is 2.84. The van der Waals surface area contributed by atoms with Crippen molar-refractivity contribution in [3.63, 3.8) is 0 Å². The summed E-state index contributed by atoms with van der Waals surface area (Å²) in [6.07, 6.45) is 1.05. The maximum atomic E-state index is 11.6. The van der Waals surface area contributed by atoms with E-state index in [0.29, 0.717) is 30.9 Å². The van der Waals surface area contributed by atoms with Crippen molar-refractivity contribution in [1.29, 1.82) is 0 Å². The molecule has 0 aliphatic rings. The first-order valence-electron chi connectivity index (χ1n) is 6.05. The number of carbonyl (C=O) groups is 1. The second-order valence-corrected chi connectivity index (χ2v) is 4.67. The molecule has 8 heteroatoms. The predicted octanol–water partition coefficient (Wildman–Crippen LogP) is 0.115. The highest BCUT2D eigenvalue weighted by atomic mass is 32.1. The molecular formula is C11H16N6OS. The van der Waals surface area contributed by atoms with Crippen molar-refractivity contribution < 1.29 is 4.79 Å². The summed E-state index contributed by atoms with van der Waals surface area (Å²) >= 11 is 4.05. The van der Waals surface area contributed by atoms with Gasteiger partial charge in [0.25, 0.3) is 5.78 Å². The zero-order valence-corrected chi connectivity index (χ0v) is 11.8. The molecule has 0 aliphatic carbocycles. The van der Waals surface area contributed by atoms with Crippen LogP contribution in [0, 0.1) is 13.8 Å². The summed E-state index contributed by atoms with van der Waals surface area (Å²) in [5, 5.41) is 14.1. The fourth-order valence-corrected chi connectivity index (χ4v) is 2.07. The largest absolute Gasteiger partial charge is 0.355 e. The van der Waals surface area contributed by atoms with Crippen LogP contribution in [0.25, 0.3) is 5.78 Å². The van der Waals surface area contributed by atoms with E-state index in [0.717, 1.165) is 17.0 Å². The molecule has 2 aromatic rings. The van der Waals surface area contributed by atoms with Crippen molar-refractivity contribution >= 4 is 24.3 Å². The Hall–Kier alpha value is -1.70. The highest BCUT2D eigenvalue weighted by Crippen LogP contribution is 2.14. The van der Waals surface area contributed by atoms with Crippen LogP contribution in [0.3, 0.4) is 0 Å². The molecule has 0 atom stereocenters. The number of aromatic nitrogens is 5. The number of hydrogen-bond acceptors (Lipinski definition) is 6. The van der Waals surface area contributed by atoms with Gasteiger partial charge < -0.3 is 5.32 Å². The quantitative estimate of drug-likeness (QED) is 0.760. The molecule has 0 spiro atoms. The SMILES string of the molecule is Cc1nc2nnnn2c(C)c1CCC(=O)NCCS. The molecule has 0 radical (unpaired) electrons. The van der Waals surface area contributed by atoms with Crippen molar-refractivity contribution in [1.82, 2.24) is 30.3 Å². The van der Waals surface area contributed by atoms with Gasteiger partial charge >= 0.3 is 0 Å². The van der Waals surface area contributed by atoms with Crippen LogP contribution in [0.5, 0.6) is 0 Å². The monoisotopic (exact) mass is 280 g/mol.